The van der Waals surface area contributed by atoms with Crippen LogP contribution in [0.3, 0.4) is 0 Å². The summed E-state index contributed by atoms with van der Waals surface area (Å²) in [5, 5.41) is 9.72. The molecule has 0 radical (unpaired) electrons. The number of benzene rings is 1. The highest BCUT2D eigenvalue weighted by molar-refractivity contribution is 6.06. The maximum Gasteiger partial charge on any atom is 0.354 e. The minimum Gasteiger partial charge on any atom is -0.496 e. The quantitative estimate of drug-likeness (QED) is 0.489. The van der Waals surface area contributed by atoms with Crippen molar-refractivity contribution in [3.63, 3.8) is 0 Å². The van der Waals surface area contributed by atoms with Crippen LogP contribution in [0.25, 0.3) is 11.3 Å². The number of nitrogens with zero attached hydrogens (tertiary/aromatic N) is 2. The number of aromatic carboxylic acids is 1. The first-order valence-electron chi connectivity index (χ1n) is 14.3. The second kappa shape index (κ2) is 9.59. The van der Waals surface area contributed by atoms with Gasteiger partial charge in [-0.05, 0) is 69.4 Å². The molecule has 0 saturated heterocycles. The van der Waals surface area contributed by atoms with Crippen molar-refractivity contribution in [1.82, 2.24) is 9.88 Å². The molecule has 42 heavy (non-hydrogen) atoms. The normalized spacial score (nSPS) is 24.5. The molecular weight excluding hydrogens is 532 g/mol. The van der Waals surface area contributed by atoms with E-state index in [1.54, 1.807) is 32.2 Å². The van der Waals surface area contributed by atoms with Crippen molar-refractivity contribution < 1.29 is 29.0 Å². The number of rotatable bonds is 4. The van der Waals surface area contributed by atoms with Crippen molar-refractivity contribution >= 4 is 17.7 Å². The van der Waals surface area contributed by atoms with Crippen molar-refractivity contribution in [3.05, 3.63) is 69.3 Å². The van der Waals surface area contributed by atoms with Crippen molar-refractivity contribution in [2.45, 2.75) is 70.8 Å². The molecule has 1 spiro atoms. The van der Waals surface area contributed by atoms with Crippen molar-refractivity contribution in [1.29, 1.82) is 0 Å². The summed E-state index contributed by atoms with van der Waals surface area (Å²) in [6.45, 7) is 5.49. The molecule has 2 aliphatic heterocycles. The summed E-state index contributed by atoms with van der Waals surface area (Å²) in [5.41, 5.74) is 3.01. The Bertz CT molecular complexity index is 1690. The third-order valence-electron chi connectivity index (χ3n) is 9.75. The first kappa shape index (κ1) is 27.8. The van der Waals surface area contributed by atoms with E-state index >= 15 is 0 Å². The summed E-state index contributed by atoms with van der Waals surface area (Å²) in [6, 6.07) is 7.14. The molecule has 8 heteroatoms. The highest BCUT2D eigenvalue weighted by atomic mass is 16.5. The molecule has 1 saturated carbocycles. The third kappa shape index (κ3) is 3.98. The topological polar surface area (TPSA) is 106 Å². The molecular formula is C34H34N2O6. The molecule has 1 unspecified atom stereocenters. The number of ketones is 1. The Hall–Kier alpha value is -4.38. The lowest BCUT2D eigenvalue weighted by molar-refractivity contribution is -0.138. The number of Topliss-reactive ketones (excluding diaryl/α,β-unsaturated/α-hetero) is 1. The number of methoxy groups -OCH3 is 1. The largest absolute Gasteiger partial charge is 0.496 e. The fourth-order valence-corrected chi connectivity index (χ4v) is 7.13. The second-order valence-electron chi connectivity index (χ2n) is 12.3. The smallest absolute Gasteiger partial charge is 0.354 e. The maximum atomic E-state index is 14.2. The molecule has 4 aliphatic rings. The van der Waals surface area contributed by atoms with Gasteiger partial charge in [0, 0.05) is 54.0 Å². The van der Waals surface area contributed by atoms with Gasteiger partial charge in [0.05, 0.1) is 24.3 Å². The van der Waals surface area contributed by atoms with Gasteiger partial charge in [-0.25, -0.2) is 9.78 Å². The van der Waals surface area contributed by atoms with Crippen molar-refractivity contribution in [3.8, 4) is 29.4 Å². The predicted octanol–water partition coefficient (Wildman–Crippen LogP) is 5.48. The standard InChI is InChI=1S/C34H34N2O6/c1-7-33(4)15-22(37)27-24(16-33)42-25-17-34(13-8-14-34)36(5)31(38)28(25)29(27)26-19(3)20(10-12-23(26)41-6)21-11-9-18(2)30(35-21)32(39)40/h1,9-12,29H,8,13-17H2,2-6H3,(H,39,40)/t29-,33?/m0/s1. The first-order valence-corrected chi connectivity index (χ1v) is 14.3. The lowest BCUT2D eigenvalue weighted by Crippen LogP contribution is -2.58. The number of carbonyl (C=O) groups excluding carboxylic acids is 2. The van der Waals surface area contributed by atoms with E-state index in [4.69, 9.17) is 15.9 Å². The number of amides is 1. The van der Waals surface area contributed by atoms with Gasteiger partial charge in [-0.3, -0.25) is 9.59 Å². The Balaban J connectivity index is 1.61. The number of allylic oxidation sites excluding steroid dienone is 2. The highest BCUT2D eigenvalue weighted by Crippen LogP contribution is 2.56. The molecule has 6 rings (SSSR count). The zero-order valence-corrected chi connectivity index (χ0v) is 24.6. The molecule has 216 valence electrons. The summed E-state index contributed by atoms with van der Waals surface area (Å²) in [7, 11) is 3.40. The predicted molar refractivity (Wildman–Crippen MR) is 156 cm³/mol. The van der Waals surface area contributed by atoms with Gasteiger partial charge in [-0.1, -0.05) is 12.0 Å². The zero-order chi connectivity index (χ0) is 30.1. The molecule has 8 nitrogen and oxygen atoms in total. The monoisotopic (exact) mass is 566 g/mol. The Morgan fingerprint density at radius 2 is 1.83 bits per heavy atom. The molecule has 2 aliphatic carbocycles. The van der Waals surface area contributed by atoms with E-state index in [2.05, 4.69) is 10.9 Å². The number of hydrogen-bond donors (Lipinski definition) is 1. The Morgan fingerprint density at radius 1 is 1.12 bits per heavy atom. The van der Waals surface area contributed by atoms with Gasteiger partial charge >= 0.3 is 5.97 Å². The highest BCUT2D eigenvalue weighted by Gasteiger charge is 2.55. The number of aromatic nitrogens is 1. The van der Waals surface area contributed by atoms with Crippen LogP contribution < -0.4 is 4.74 Å². The molecule has 1 N–H and O–H groups in total. The summed E-state index contributed by atoms with van der Waals surface area (Å²) < 4.78 is 12.4. The number of pyridine rings is 1. The van der Waals surface area contributed by atoms with Crippen LogP contribution in [0.2, 0.25) is 0 Å². The Morgan fingerprint density at radius 3 is 2.45 bits per heavy atom. The molecule has 0 bridgehead atoms. The van der Waals surface area contributed by atoms with Crippen LogP contribution >= 0.6 is 0 Å². The summed E-state index contributed by atoms with van der Waals surface area (Å²) in [4.78, 5) is 46.4. The Labute approximate surface area is 245 Å². The van der Waals surface area contributed by atoms with Crippen LogP contribution in [0.15, 0.2) is 46.9 Å². The summed E-state index contributed by atoms with van der Waals surface area (Å²) >= 11 is 0. The molecule has 1 fully saturated rings. The average Bonchev–Trinajstić information content (AvgIpc) is 2.93. The minimum absolute atomic E-state index is 0.0313. The number of carboxylic acid groups (broad SMARTS) is 1. The number of likely N-dealkylation sites (N-methyl/N-ethyl adjacent to an activating group) is 1. The van der Waals surface area contributed by atoms with E-state index < -0.39 is 17.3 Å². The average molecular weight is 567 g/mol. The van der Waals surface area contributed by atoms with E-state index in [1.165, 1.54) is 0 Å². The van der Waals surface area contributed by atoms with Crippen molar-refractivity contribution in [2.75, 3.05) is 14.2 Å². The second-order valence-corrected chi connectivity index (χ2v) is 12.3. The van der Waals surface area contributed by atoms with Crippen LogP contribution in [-0.4, -0.2) is 52.3 Å². The Kier molecular flexibility index (Phi) is 6.34. The number of terminal acetylenes is 1. The third-order valence-corrected chi connectivity index (χ3v) is 9.75. The SMILES string of the molecule is C#CC1(C)CC(=O)C2=C(C1)OC1=C(C(=O)N(C)C3(CCC3)C1)[C@H]2c1c(OC)ccc(-c2ccc(C)c(C(=O)O)n2)c1C. The summed E-state index contributed by atoms with van der Waals surface area (Å²) in [6.07, 6.45) is 9.83. The summed E-state index contributed by atoms with van der Waals surface area (Å²) in [5.74, 6) is 2.30. The number of carboxylic acids is 1. The molecule has 3 heterocycles. The maximum absolute atomic E-state index is 14.2. The molecule has 2 aromatic rings. The minimum atomic E-state index is -1.11. The van der Waals surface area contributed by atoms with Crippen LogP contribution in [0.4, 0.5) is 0 Å². The molecule has 2 atom stereocenters. The number of carbonyl (C=O) groups is 3. The number of aryl methyl sites for hydroxylation is 1. The molecule has 1 aromatic heterocycles. The van der Waals surface area contributed by atoms with Gasteiger partial charge in [-0.15, -0.1) is 6.42 Å². The lowest BCUT2D eigenvalue weighted by atomic mass is 9.64. The van der Waals surface area contributed by atoms with E-state index in [9.17, 15) is 19.5 Å². The number of hydrogen-bond acceptors (Lipinski definition) is 6. The van der Waals surface area contributed by atoms with Crippen molar-refractivity contribution in [2.24, 2.45) is 5.41 Å². The fourth-order valence-electron chi connectivity index (χ4n) is 7.13. The van der Waals surface area contributed by atoms with E-state index in [-0.39, 0.29) is 29.3 Å². The van der Waals surface area contributed by atoms with Gasteiger partial charge in [-0.2, -0.15) is 0 Å². The first-order chi connectivity index (χ1) is 19.9. The molecule has 1 amide bonds. The van der Waals surface area contributed by atoms with Gasteiger partial charge in [0.25, 0.3) is 5.91 Å². The van der Waals surface area contributed by atoms with Crippen LogP contribution in [0.1, 0.15) is 78.5 Å². The van der Waals surface area contributed by atoms with Crippen LogP contribution in [0.5, 0.6) is 5.75 Å². The number of ether oxygens (including phenoxy) is 2. The van der Waals surface area contributed by atoms with E-state index in [0.29, 0.717) is 63.6 Å². The van der Waals surface area contributed by atoms with Crippen LogP contribution in [-0.2, 0) is 14.3 Å². The van der Waals surface area contributed by atoms with Gasteiger partial charge in [0.1, 0.15) is 17.3 Å². The zero-order valence-electron chi connectivity index (χ0n) is 24.6. The fraction of sp³-hybridized carbons (Fsp3) is 0.412. The lowest BCUT2D eigenvalue weighted by Gasteiger charge is -2.54. The van der Waals surface area contributed by atoms with E-state index in [1.807, 2.05) is 31.9 Å². The molecule has 1 aromatic carbocycles. The van der Waals surface area contributed by atoms with Gasteiger partial charge in [0.15, 0.2) is 11.5 Å². The van der Waals surface area contributed by atoms with Gasteiger partial charge < -0.3 is 19.5 Å². The van der Waals surface area contributed by atoms with Gasteiger partial charge in [0.2, 0.25) is 0 Å². The van der Waals surface area contributed by atoms with E-state index in [0.717, 1.165) is 24.8 Å². The van der Waals surface area contributed by atoms with Crippen LogP contribution in [0, 0.1) is 31.6 Å².